The van der Waals surface area contributed by atoms with Crippen molar-refractivity contribution >= 4 is 11.6 Å². The normalized spacial score (nSPS) is 19.3. The number of aromatic nitrogens is 1. The van der Waals surface area contributed by atoms with Crippen molar-refractivity contribution in [3.63, 3.8) is 0 Å². The van der Waals surface area contributed by atoms with Crippen LogP contribution in [0.25, 0.3) is 0 Å². The van der Waals surface area contributed by atoms with Gasteiger partial charge in [0, 0.05) is 12.7 Å². The van der Waals surface area contributed by atoms with Crippen LogP contribution in [0.4, 0.5) is 5.82 Å². The van der Waals surface area contributed by atoms with Crippen LogP contribution in [0.1, 0.15) is 39.5 Å². The van der Waals surface area contributed by atoms with Crippen LogP contribution in [0, 0.1) is 0 Å². The third-order valence-corrected chi connectivity index (χ3v) is 3.46. The Morgan fingerprint density at radius 3 is 3.11 bits per heavy atom. The minimum atomic E-state index is -0.0485. The van der Waals surface area contributed by atoms with Gasteiger partial charge in [-0.15, -0.1) is 0 Å². The Bertz CT molecular complexity index is 434. The maximum Gasteiger partial charge on any atom is 0.171 e. The van der Waals surface area contributed by atoms with Crippen LogP contribution in [0.5, 0.6) is 5.75 Å². The SMILES string of the molecule is CCCOc1cccnc1N1CCCCC1C(C)=O. The Kier molecular flexibility index (Phi) is 4.77. The summed E-state index contributed by atoms with van der Waals surface area (Å²) >= 11 is 0. The molecule has 1 aliphatic rings. The molecule has 2 heterocycles. The summed E-state index contributed by atoms with van der Waals surface area (Å²) in [6.07, 6.45) is 5.86. The highest BCUT2D eigenvalue weighted by atomic mass is 16.5. The molecule has 0 spiro atoms. The number of Topliss-reactive ketones (excluding diaryl/α,β-unsaturated/α-hetero) is 1. The first-order valence-corrected chi connectivity index (χ1v) is 7.09. The van der Waals surface area contributed by atoms with E-state index in [1.54, 1.807) is 13.1 Å². The first kappa shape index (κ1) is 13.8. The second-order valence-corrected chi connectivity index (χ2v) is 4.99. The van der Waals surface area contributed by atoms with Gasteiger partial charge in [-0.2, -0.15) is 0 Å². The second-order valence-electron chi connectivity index (χ2n) is 4.99. The quantitative estimate of drug-likeness (QED) is 0.818. The minimum Gasteiger partial charge on any atom is -0.490 e. The zero-order valence-electron chi connectivity index (χ0n) is 11.8. The van der Waals surface area contributed by atoms with Crippen LogP contribution >= 0.6 is 0 Å². The largest absolute Gasteiger partial charge is 0.490 e. The Hall–Kier alpha value is -1.58. The van der Waals surface area contributed by atoms with Gasteiger partial charge in [-0.25, -0.2) is 4.98 Å². The molecule has 1 saturated heterocycles. The van der Waals surface area contributed by atoms with E-state index in [4.69, 9.17) is 4.74 Å². The van der Waals surface area contributed by atoms with Gasteiger partial charge >= 0.3 is 0 Å². The van der Waals surface area contributed by atoms with Crippen LogP contribution in [-0.4, -0.2) is 30.0 Å². The molecular formula is C15H22N2O2. The third kappa shape index (κ3) is 3.25. The van der Waals surface area contributed by atoms with Crippen LogP contribution in [0.15, 0.2) is 18.3 Å². The molecule has 0 aliphatic carbocycles. The van der Waals surface area contributed by atoms with Crippen molar-refractivity contribution in [2.75, 3.05) is 18.1 Å². The van der Waals surface area contributed by atoms with Gasteiger partial charge in [-0.1, -0.05) is 6.92 Å². The van der Waals surface area contributed by atoms with Crippen LogP contribution < -0.4 is 9.64 Å². The number of hydrogen-bond donors (Lipinski definition) is 0. The van der Waals surface area contributed by atoms with E-state index in [0.29, 0.717) is 6.61 Å². The van der Waals surface area contributed by atoms with E-state index >= 15 is 0 Å². The zero-order chi connectivity index (χ0) is 13.7. The maximum atomic E-state index is 11.8. The van der Waals surface area contributed by atoms with Crippen molar-refractivity contribution in [2.24, 2.45) is 0 Å². The lowest BCUT2D eigenvalue weighted by Gasteiger charge is -2.35. The summed E-state index contributed by atoms with van der Waals surface area (Å²) in [7, 11) is 0. The average molecular weight is 262 g/mol. The van der Waals surface area contributed by atoms with Crippen molar-refractivity contribution in [3.05, 3.63) is 18.3 Å². The molecule has 0 amide bonds. The Labute approximate surface area is 114 Å². The number of rotatable bonds is 5. The summed E-state index contributed by atoms with van der Waals surface area (Å²) in [4.78, 5) is 18.3. The molecule has 104 valence electrons. The summed E-state index contributed by atoms with van der Waals surface area (Å²) in [6, 6.07) is 3.76. The molecule has 0 aromatic carbocycles. The number of pyridine rings is 1. The summed E-state index contributed by atoms with van der Waals surface area (Å²) in [6.45, 7) is 5.30. The fourth-order valence-electron chi connectivity index (χ4n) is 2.53. The molecule has 1 aromatic heterocycles. The predicted octanol–water partition coefficient (Wildman–Crippen LogP) is 2.82. The summed E-state index contributed by atoms with van der Waals surface area (Å²) in [5, 5.41) is 0. The lowest BCUT2D eigenvalue weighted by atomic mass is 9.99. The van der Waals surface area contributed by atoms with Gasteiger partial charge in [0.05, 0.1) is 12.6 Å². The number of carbonyl (C=O) groups is 1. The number of piperidine rings is 1. The molecular weight excluding hydrogens is 240 g/mol. The van der Waals surface area contributed by atoms with Crippen molar-refractivity contribution < 1.29 is 9.53 Å². The number of ether oxygens (including phenoxy) is 1. The fraction of sp³-hybridized carbons (Fsp3) is 0.600. The standard InChI is InChI=1S/C15H22N2O2/c1-3-11-19-14-8-6-9-16-15(14)17-10-5-4-7-13(17)12(2)18/h6,8-9,13H,3-5,7,10-11H2,1-2H3. The molecule has 0 bridgehead atoms. The van der Waals surface area contributed by atoms with E-state index in [2.05, 4.69) is 16.8 Å². The molecule has 0 saturated carbocycles. The van der Waals surface area contributed by atoms with Gasteiger partial charge in [0.2, 0.25) is 0 Å². The highest BCUT2D eigenvalue weighted by Gasteiger charge is 2.28. The monoisotopic (exact) mass is 262 g/mol. The Morgan fingerprint density at radius 2 is 2.37 bits per heavy atom. The van der Waals surface area contributed by atoms with E-state index < -0.39 is 0 Å². The molecule has 4 heteroatoms. The predicted molar refractivity (Wildman–Crippen MR) is 75.7 cm³/mol. The first-order chi connectivity index (χ1) is 9.24. The molecule has 1 atom stereocenters. The lowest BCUT2D eigenvalue weighted by molar-refractivity contribution is -0.118. The highest BCUT2D eigenvalue weighted by molar-refractivity contribution is 5.85. The smallest absolute Gasteiger partial charge is 0.171 e. The van der Waals surface area contributed by atoms with E-state index in [0.717, 1.165) is 43.8 Å². The van der Waals surface area contributed by atoms with Gasteiger partial charge in [-0.3, -0.25) is 4.79 Å². The summed E-state index contributed by atoms with van der Waals surface area (Å²) < 4.78 is 5.75. The zero-order valence-corrected chi connectivity index (χ0v) is 11.8. The van der Waals surface area contributed by atoms with E-state index in [-0.39, 0.29) is 11.8 Å². The average Bonchev–Trinajstić information content (AvgIpc) is 2.45. The minimum absolute atomic E-state index is 0.0485. The molecule has 4 nitrogen and oxygen atoms in total. The van der Waals surface area contributed by atoms with Gasteiger partial charge in [-0.05, 0) is 44.7 Å². The topological polar surface area (TPSA) is 42.4 Å². The Balaban J connectivity index is 2.25. The van der Waals surface area contributed by atoms with Crippen LogP contribution in [-0.2, 0) is 4.79 Å². The number of carbonyl (C=O) groups excluding carboxylic acids is 1. The number of anilines is 1. The molecule has 1 aliphatic heterocycles. The molecule has 1 aromatic rings. The lowest BCUT2D eigenvalue weighted by Crippen LogP contribution is -2.44. The number of ketones is 1. The van der Waals surface area contributed by atoms with E-state index in [1.807, 2.05) is 12.1 Å². The van der Waals surface area contributed by atoms with Crippen LogP contribution in [0.2, 0.25) is 0 Å². The van der Waals surface area contributed by atoms with Crippen molar-refractivity contribution in [1.82, 2.24) is 4.98 Å². The highest BCUT2D eigenvalue weighted by Crippen LogP contribution is 2.31. The van der Waals surface area contributed by atoms with Crippen molar-refractivity contribution in [1.29, 1.82) is 0 Å². The van der Waals surface area contributed by atoms with Crippen molar-refractivity contribution in [2.45, 2.75) is 45.6 Å². The second kappa shape index (κ2) is 6.55. The fourth-order valence-corrected chi connectivity index (χ4v) is 2.53. The summed E-state index contributed by atoms with van der Waals surface area (Å²) in [5.74, 6) is 1.82. The third-order valence-electron chi connectivity index (χ3n) is 3.46. The van der Waals surface area contributed by atoms with Gasteiger partial charge in [0.15, 0.2) is 17.4 Å². The van der Waals surface area contributed by atoms with Gasteiger partial charge in [0.1, 0.15) is 0 Å². The molecule has 1 unspecified atom stereocenters. The number of hydrogen-bond acceptors (Lipinski definition) is 4. The van der Waals surface area contributed by atoms with Crippen LogP contribution in [0.3, 0.4) is 0 Å². The Morgan fingerprint density at radius 1 is 1.53 bits per heavy atom. The molecule has 19 heavy (non-hydrogen) atoms. The number of nitrogens with zero attached hydrogens (tertiary/aromatic N) is 2. The molecule has 1 fully saturated rings. The van der Waals surface area contributed by atoms with Gasteiger partial charge < -0.3 is 9.64 Å². The molecule has 0 N–H and O–H groups in total. The van der Waals surface area contributed by atoms with E-state index in [1.165, 1.54) is 0 Å². The molecule has 2 rings (SSSR count). The first-order valence-electron chi connectivity index (χ1n) is 7.09. The molecule has 0 radical (unpaired) electrons. The van der Waals surface area contributed by atoms with Crippen molar-refractivity contribution in [3.8, 4) is 5.75 Å². The summed E-state index contributed by atoms with van der Waals surface area (Å²) in [5.41, 5.74) is 0. The maximum absolute atomic E-state index is 11.8. The van der Waals surface area contributed by atoms with Gasteiger partial charge in [0.25, 0.3) is 0 Å². The van der Waals surface area contributed by atoms with E-state index in [9.17, 15) is 4.79 Å².